The Hall–Kier alpha value is -1.76. The quantitative estimate of drug-likeness (QED) is 0.233. The van der Waals surface area contributed by atoms with E-state index in [1.54, 1.807) is 11.4 Å². The summed E-state index contributed by atoms with van der Waals surface area (Å²) in [6.07, 6.45) is 1.06. The minimum absolute atomic E-state index is 0.160. The Bertz CT molecular complexity index is 403. The van der Waals surface area contributed by atoms with Gasteiger partial charge in [0.05, 0.1) is 7.11 Å². The van der Waals surface area contributed by atoms with Gasteiger partial charge in [0.25, 0.3) is 5.91 Å². The van der Waals surface area contributed by atoms with Crippen molar-refractivity contribution in [3.63, 3.8) is 0 Å². The van der Waals surface area contributed by atoms with Gasteiger partial charge in [0.15, 0.2) is 0 Å². The normalized spacial score (nSPS) is 11.2. The molecule has 0 unspecified atom stereocenters. The van der Waals surface area contributed by atoms with E-state index in [1.807, 2.05) is 0 Å². The van der Waals surface area contributed by atoms with E-state index in [1.165, 1.54) is 18.4 Å². The number of methoxy groups -OCH3 is 1. The number of thiophene rings is 1. The second-order valence-corrected chi connectivity index (χ2v) is 4.19. The van der Waals surface area contributed by atoms with Crippen LogP contribution in [0.3, 0.4) is 0 Å². The molecule has 0 aliphatic carbocycles. The predicted molar refractivity (Wildman–Crippen MR) is 65.8 cm³/mol. The number of carbonyl (C=O) groups is 1. The number of ether oxygens (including phenoxy) is 1. The average molecular weight is 257 g/mol. The first kappa shape index (κ1) is 13.3. The summed E-state index contributed by atoms with van der Waals surface area (Å²) in [5.74, 6) is 0.563. The summed E-state index contributed by atoms with van der Waals surface area (Å²) in [5, 5.41) is 15.7. The molecule has 1 rings (SSSR count). The van der Waals surface area contributed by atoms with Crippen LogP contribution in [-0.4, -0.2) is 30.6 Å². The van der Waals surface area contributed by atoms with E-state index in [0.717, 1.165) is 0 Å². The zero-order valence-electron chi connectivity index (χ0n) is 9.47. The lowest BCUT2D eigenvalue weighted by Crippen LogP contribution is -2.25. The Balaban J connectivity index is 2.35. The third-order valence-electron chi connectivity index (χ3n) is 2.08. The molecule has 94 valence electrons. The number of nitrogens with zero attached hydrogens (tertiary/aromatic N) is 1. The van der Waals surface area contributed by atoms with E-state index in [4.69, 9.17) is 15.7 Å². The number of amides is 1. The van der Waals surface area contributed by atoms with Crippen LogP contribution in [0.25, 0.3) is 0 Å². The highest BCUT2D eigenvalue weighted by Crippen LogP contribution is 2.23. The summed E-state index contributed by atoms with van der Waals surface area (Å²) >= 11 is 1.33. The third kappa shape index (κ3) is 3.95. The molecule has 0 atom stereocenters. The van der Waals surface area contributed by atoms with Crippen molar-refractivity contribution >= 4 is 23.1 Å². The molecule has 0 bridgehead atoms. The largest absolute Gasteiger partial charge is 0.495 e. The van der Waals surface area contributed by atoms with E-state index in [2.05, 4.69) is 10.5 Å². The molecule has 1 heterocycles. The number of hydrogen-bond acceptors (Lipinski definition) is 5. The number of carbonyl (C=O) groups excluding carboxylic acids is 1. The van der Waals surface area contributed by atoms with Gasteiger partial charge in [-0.1, -0.05) is 5.16 Å². The highest BCUT2D eigenvalue weighted by molar-refractivity contribution is 7.12. The second-order valence-electron chi connectivity index (χ2n) is 3.27. The van der Waals surface area contributed by atoms with Crippen LogP contribution in [0.4, 0.5) is 0 Å². The first-order chi connectivity index (χ1) is 8.19. The highest BCUT2D eigenvalue weighted by atomic mass is 32.1. The van der Waals surface area contributed by atoms with E-state index in [-0.39, 0.29) is 11.7 Å². The van der Waals surface area contributed by atoms with Crippen molar-refractivity contribution in [2.75, 3.05) is 13.7 Å². The van der Waals surface area contributed by atoms with Crippen LogP contribution in [0.5, 0.6) is 5.75 Å². The molecule has 1 aromatic heterocycles. The summed E-state index contributed by atoms with van der Waals surface area (Å²) in [7, 11) is 1.53. The van der Waals surface area contributed by atoms with E-state index in [0.29, 0.717) is 30.0 Å². The number of nitrogens with one attached hydrogen (secondary N) is 1. The molecule has 7 heteroatoms. The summed E-state index contributed by atoms with van der Waals surface area (Å²) < 4.78 is 5.05. The molecule has 4 N–H and O–H groups in total. The van der Waals surface area contributed by atoms with Crippen LogP contribution in [0.1, 0.15) is 22.5 Å². The fraction of sp³-hybridized carbons (Fsp3) is 0.400. The van der Waals surface area contributed by atoms with Gasteiger partial charge in [-0.2, -0.15) is 0 Å². The molecule has 0 fully saturated rings. The van der Waals surface area contributed by atoms with E-state index >= 15 is 0 Å². The first-order valence-electron chi connectivity index (χ1n) is 5.05. The molecule has 0 spiro atoms. The minimum Gasteiger partial charge on any atom is -0.495 e. The van der Waals surface area contributed by atoms with Crippen molar-refractivity contribution in [2.24, 2.45) is 10.9 Å². The number of amidine groups is 1. The SMILES string of the molecule is COc1ccsc1C(=O)NCCC/C(N)=N/O. The molecular weight excluding hydrogens is 242 g/mol. The number of rotatable bonds is 6. The predicted octanol–water partition coefficient (Wildman–Crippen LogP) is 1.01. The van der Waals surface area contributed by atoms with Gasteiger partial charge in [-0.25, -0.2) is 0 Å². The van der Waals surface area contributed by atoms with Crippen molar-refractivity contribution in [2.45, 2.75) is 12.8 Å². The fourth-order valence-electron chi connectivity index (χ4n) is 1.23. The molecule has 1 aromatic rings. The van der Waals surface area contributed by atoms with Crippen molar-refractivity contribution < 1.29 is 14.7 Å². The Kier molecular flexibility index (Phi) is 5.28. The Morgan fingerprint density at radius 3 is 3.12 bits per heavy atom. The molecule has 0 aliphatic heterocycles. The van der Waals surface area contributed by atoms with Crippen LogP contribution in [-0.2, 0) is 0 Å². The Labute approximate surface area is 103 Å². The average Bonchev–Trinajstić information content (AvgIpc) is 2.82. The van der Waals surface area contributed by atoms with Gasteiger partial charge in [0, 0.05) is 13.0 Å². The van der Waals surface area contributed by atoms with Gasteiger partial charge in [-0.3, -0.25) is 4.79 Å². The summed E-state index contributed by atoms with van der Waals surface area (Å²) in [6, 6.07) is 1.75. The Morgan fingerprint density at radius 1 is 1.71 bits per heavy atom. The summed E-state index contributed by atoms with van der Waals surface area (Å²) in [6.45, 7) is 0.468. The van der Waals surface area contributed by atoms with Crippen molar-refractivity contribution in [1.82, 2.24) is 5.32 Å². The maximum Gasteiger partial charge on any atom is 0.265 e. The van der Waals surface area contributed by atoms with Crippen LogP contribution < -0.4 is 15.8 Å². The topological polar surface area (TPSA) is 96.9 Å². The molecule has 1 amide bonds. The van der Waals surface area contributed by atoms with Crippen molar-refractivity contribution in [3.05, 3.63) is 16.3 Å². The second kappa shape index (κ2) is 6.74. The van der Waals surface area contributed by atoms with Gasteiger partial charge in [0.1, 0.15) is 16.5 Å². The lowest BCUT2D eigenvalue weighted by atomic mass is 10.3. The highest BCUT2D eigenvalue weighted by Gasteiger charge is 2.12. The zero-order chi connectivity index (χ0) is 12.7. The summed E-state index contributed by atoms with van der Waals surface area (Å²) in [5.41, 5.74) is 5.30. The van der Waals surface area contributed by atoms with E-state index < -0.39 is 0 Å². The molecular formula is C10H15N3O3S. The summed E-state index contributed by atoms with van der Waals surface area (Å²) in [4.78, 5) is 12.3. The maximum atomic E-state index is 11.7. The molecule has 0 aromatic carbocycles. The molecule has 0 saturated heterocycles. The van der Waals surface area contributed by atoms with Gasteiger partial charge < -0.3 is 21.0 Å². The maximum absolute atomic E-state index is 11.7. The molecule has 6 nitrogen and oxygen atoms in total. The van der Waals surface area contributed by atoms with Crippen LogP contribution >= 0.6 is 11.3 Å². The number of nitrogens with two attached hydrogens (primary N) is 1. The van der Waals surface area contributed by atoms with Crippen molar-refractivity contribution in [3.8, 4) is 5.75 Å². The molecule has 0 radical (unpaired) electrons. The first-order valence-corrected chi connectivity index (χ1v) is 5.93. The van der Waals surface area contributed by atoms with Gasteiger partial charge >= 0.3 is 0 Å². The third-order valence-corrected chi connectivity index (χ3v) is 2.97. The number of oxime groups is 1. The van der Waals surface area contributed by atoms with Crippen LogP contribution in [0, 0.1) is 0 Å². The van der Waals surface area contributed by atoms with Crippen molar-refractivity contribution in [1.29, 1.82) is 0 Å². The van der Waals surface area contributed by atoms with Crippen LogP contribution in [0.2, 0.25) is 0 Å². The van der Waals surface area contributed by atoms with Gasteiger partial charge in [-0.15, -0.1) is 11.3 Å². The molecule has 0 saturated carbocycles. The van der Waals surface area contributed by atoms with Gasteiger partial charge in [-0.05, 0) is 17.9 Å². The van der Waals surface area contributed by atoms with E-state index in [9.17, 15) is 4.79 Å². The fourth-order valence-corrected chi connectivity index (χ4v) is 2.00. The molecule has 17 heavy (non-hydrogen) atoms. The lowest BCUT2D eigenvalue weighted by molar-refractivity contribution is 0.0954. The van der Waals surface area contributed by atoms with Gasteiger partial charge in [0.2, 0.25) is 0 Å². The Morgan fingerprint density at radius 2 is 2.47 bits per heavy atom. The monoisotopic (exact) mass is 257 g/mol. The smallest absolute Gasteiger partial charge is 0.265 e. The number of hydrogen-bond donors (Lipinski definition) is 3. The zero-order valence-corrected chi connectivity index (χ0v) is 10.3. The standard InChI is InChI=1S/C10H15N3O3S/c1-16-7-4-6-17-9(7)10(14)12-5-2-3-8(11)13-15/h4,6,15H,2-3,5H2,1H3,(H2,11,13)(H,12,14). The minimum atomic E-state index is -0.170. The van der Waals surface area contributed by atoms with Crippen LogP contribution in [0.15, 0.2) is 16.6 Å². The molecule has 0 aliphatic rings. The lowest BCUT2D eigenvalue weighted by Gasteiger charge is -2.04.